The van der Waals surface area contributed by atoms with Crippen molar-refractivity contribution in [1.29, 1.82) is 0 Å². The second-order valence-electron chi connectivity index (χ2n) is 3.65. The van der Waals surface area contributed by atoms with Gasteiger partial charge in [0, 0.05) is 6.07 Å². The van der Waals surface area contributed by atoms with Crippen molar-refractivity contribution in [3.63, 3.8) is 0 Å². The lowest BCUT2D eigenvalue weighted by molar-refractivity contribution is 0.387. The molecule has 0 bridgehead atoms. The Morgan fingerprint density at radius 1 is 1.56 bits per heavy atom. The number of halogens is 1. The van der Waals surface area contributed by atoms with E-state index in [0.717, 1.165) is 23.6 Å². The van der Waals surface area contributed by atoms with E-state index in [-0.39, 0.29) is 4.83 Å². The van der Waals surface area contributed by atoms with Gasteiger partial charge in [0.15, 0.2) is 0 Å². The van der Waals surface area contributed by atoms with Crippen molar-refractivity contribution in [3.8, 4) is 0 Å². The Morgan fingerprint density at radius 3 is 3.00 bits per heavy atom. The summed E-state index contributed by atoms with van der Waals surface area (Å²) in [5.74, 6) is 0.808. The van der Waals surface area contributed by atoms with Crippen molar-refractivity contribution in [1.82, 2.24) is 20.2 Å². The molecule has 2 aromatic rings. The van der Waals surface area contributed by atoms with Crippen molar-refractivity contribution in [3.05, 3.63) is 29.4 Å². The summed E-state index contributed by atoms with van der Waals surface area (Å²) in [6.07, 6.45) is 2.91. The summed E-state index contributed by atoms with van der Waals surface area (Å²) < 4.78 is 6.75. The van der Waals surface area contributed by atoms with Crippen LogP contribution in [0, 0.1) is 6.92 Å². The summed E-state index contributed by atoms with van der Waals surface area (Å²) in [7, 11) is 0. The molecule has 1 atom stereocenters. The zero-order valence-electron chi connectivity index (χ0n) is 9.22. The fourth-order valence-electron chi connectivity index (χ4n) is 1.40. The summed E-state index contributed by atoms with van der Waals surface area (Å²) in [5, 5.41) is 12.1. The Kier molecular flexibility index (Phi) is 3.38. The third-order valence-corrected chi connectivity index (χ3v) is 3.35. The van der Waals surface area contributed by atoms with Crippen LogP contribution in [0.3, 0.4) is 0 Å². The van der Waals surface area contributed by atoms with Gasteiger partial charge in [-0.05, 0) is 13.3 Å². The molecule has 0 aromatic carbocycles. The van der Waals surface area contributed by atoms with Crippen molar-refractivity contribution in [2.45, 2.75) is 31.6 Å². The van der Waals surface area contributed by atoms with Crippen LogP contribution in [0.1, 0.15) is 35.3 Å². The number of aromatic nitrogens is 4. The summed E-state index contributed by atoms with van der Waals surface area (Å²) in [5.41, 5.74) is 1.80. The molecule has 0 N–H and O–H groups in total. The van der Waals surface area contributed by atoms with Gasteiger partial charge in [0.05, 0.1) is 23.3 Å². The summed E-state index contributed by atoms with van der Waals surface area (Å²) in [4.78, 5) is 0.264. The Hall–Kier alpha value is -1.17. The summed E-state index contributed by atoms with van der Waals surface area (Å²) in [6.45, 7) is 4.56. The largest absolute Gasteiger partial charge is 0.361 e. The van der Waals surface area contributed by atoms with Crippen molar-refractivity contribution in [2.75, 3.05) is 0 Å². The van der Waals surface area contributed by atoms with Crippen LogP contribution < -0.4 is 0 Å². The van der Waals surface area contributed by atoms with E-state index in [4.69, 9.17) is 4.52 Å². The molecule has 2 rings (SSSR count). The maximum absolute atomic E-state index is 4.99. The molecule has 86 valence electrons. The Balaban J connectivity index is 2.08. The average molecular weight is 285 g/mol. The monoisotopic (exact) mass is 284 g/mol. The molecule has 16 heavy (non-hydrogen) atoms. The molecule has 1 unspecified atom stereocenters. The van der Waals surface area contributed by atoms with E-state index in [0.29, 0.717) is 6.54 Å². The van der Waals surface area contributed by atoms with Gasteiger partial charge in [-0.15, -0.1) is 5.10 Å². The maximum Gasteiger partial charge on any atom is 0.133 e. The van der Waals surface area contributed by atoms with Crippen LogP contribution in [0.25, 0.3) is 0 Å². The van der Waals surface area contributed by atoms with Crippen molar-refractivity contribution >= 4 is 15.9 Å². The fraction of sp³-hybridized carbons (Fsp3) is 0.500. The highest BCUT2D eigenvalue weighted by Crippen LogP contribution is 2.23. The molecule has 0 saturated carbocycles. The first-order valence-corrected chi connectivity index (χ1v) is 6.07. The van der Waals surface area contributed by atoms with E-state index < -0.39 is 0 Å². The molecule has 0 radical (unpaired) electrons. The molecule has 0 aliphatic rings. The normalized spacial score (nSPS) is 12.9. The number of hydrogen-bond acceptors (Lipinski definition) is 4. The van der Waals surface area contributed by atoms with Crippen LogP contribution in [-0.2, 0) is 6.54 Å². The van der Waals surface area contributed by atoms with Gasteiger partial charge in [0.2, 0.25) is 0 Å². The zero-order valence-corrected chi connectivity index (χ0v) is 10.8. The first-order chi connectivity index (χ1) is 7.69. The van der Waals surface area contributed by atoms with Gasteiger partial charge in [-0.25, -0.2) is 4.68 Å². The van der Waals surface area contributed by atoms with E-state index in [9.17, 15) is 0 Å². The lowest BCUT2D eigenvalue weighted by atomic mass is 10.3. The standard InChI is InChI=1S/C10H13BrN4O/c1-3-9(11)10-6-15(14-12-10)5-8-4-7(2)16-13-8/h4,6,9H,3,5H2,1-2H3. The molecule has 0 amide bonds. The molecule has 0 fully saturated rings. The van der Waals surface area contributed by atoms with Gasteiger partial charge in [-0.1, -0.05) is 33.2 Å². The molecule has 5 nitrogen and oxygen atoms in total. The maximum atomic E-state index is 4.99. The van der Waals surface area contributed by atoms with Crippen LogP contribution in [0.15, 0.2) is 16.8 Å². The van der Waals surface area contributed by atoms with E-state index >= 15 is 0 Å². The van der Waals surface area contributed by atoms with Gasteiger partial charge < -0.3 is 4.52 Å². The summed E-state index contributed by atoms with van der Waals surface area (Å²) >= 11 is 3.54. The lowest BCUT2D eigenvalue weighted by Gasteiger charge is -1.98. The molecule has 2 heterocycles. The second kappa shape index (κ2) is 4.78. The number of alkyl halides is 1. The number of nitrogens with zero attached hydrogens (tertiary/aromatic N) is 4. The number of hydrogen-bond donors (Lipinski definition) is 0. The van der Waals surface area contributed by atoms with Crippen molar-refractivity contribution < 1.29 is 4.52 Å². The van der Waals surface area contributed by atoms with Crippen LogP contribution >= 0.6 is 15.9 Å². The molecular weight excluding hydrogens is 272 g/mol. The lowest BCUT2D eigenvalue weighted by Crippen LogP contribution is -2.00. The predicted octanol–water partition coefficient (Wildman–Crippen LogP) is 2.47. The minimum Gasteiger partial charge on any atom is -0.361 e. The average Bonchev–Trinajstić information content (AvgIpc) is 2.87. The highest BCUT2D eigenvalue weighted by Gasteiger charge is 2.10. The highest BCUT2D eigenvalue weighted by atomic mass is 79.9. The zero-order chi connectivity index (χ0) is 11.5. The van der Waals surface area contributed by atoms with Gasteiger partial charge >= 0.3 is 0 Å². The second-order valence-corrected chi connectivity index (χ2v) is 4.75. The topological polar surface area (TPSA) is 56.7 Å². The molecule has 0 aliphatic carbocycles. The molecule has 2 aromatic heterocycles. The van der Waals surface area contributed by atoms with E-state index in [1.165, 1.54) is 0 Å². The highest BCUT2D eigenvalue weighted by molar-refractivity contribution is 9.09. The molecule has 0 aliphatic heterocycles. The van der Waals surface area contributed by atoms with Crippen LogP contribution in [0.2, 0.25) is 0 Å². The van der Waals surface area contributed by atoms with Gasteiger partial charge in [0.1, 0.15) is 11.5 Å². The first kappa shape index (κ1) is 11.3. The van der Waals surface area contributed by atoms with E-state index in [1.807, 2.05) is 19.2 Å². The molecule has 0 spiro atoms. The SMILES string of the molecule is CCC(Br)c1cn(Cc2cc(C)on2)nn1. The Bertz CT molecular complexity index is 465. The van der Waals surface area contributed by atoms with Gasteiger partial charge in [0.25, 0.3) is 0 Å². The third kappa shape index (κ3) is 2.49. The smallest absolute Gasteiger partial charge is 0.133 e. The Labute approximate surface area is 102 Å². The van der Waals surface area contributed by atoms with Crippen LogP contribution in [0.4, 0.5) is 0 Å². The molecule has 0 saturated heterocycles. The van der Waals surface area contributed by atoms with Gasteiger partial charge in [-0.3, -0.25) is 0 Å². The first-order valence-electron chi connectivity index (χ1n) is 5.15. The number of aryl methyl sites for hydroxylation is 1. The minimum absolute atomic E-state index is 0.264. The third-order valence-electron chi connectivity index (χ3n) is 2.24. The molecular formula is C10H13BrN4O. The van der Waals surface area contributed by atoms with E-state index in [2.05, 4.69) is 38.3 Å². The Morgan fingerprint density at radius 2 is 2.38 bits per heavy atom. The number of rotatable bonds is 4. The van der Waals surface area contributed by atoms with Gasteiger partial charge in [-0.2, -0.15) is 0 Å². The van der Waals surface area contributed by atoms with Crippen LogP contribution in [-0.4, -0.2) is 20.2 Å². The van der Waals surface area contributed by atoms with Crippen molar-refractivity contribution in [2.24, 2.45) is 0 Å². The quantitative estimate of drug-likeness (QED) is 0.810. The fourth-order valence-corrected chi connectivity index (χ4v) is 1.61. The van der Waals surface area contributed by atoms with Crippen LogP contribution in [0.5, 0.6) is 0 Å². The predicted molar refractivity (Wildman–Crippen MR) is 62.3 cm³/mol. The van der Waals surface area contributed by atoms with E-state index in [1.54, 1.807) is 4.68 Å². The minimum atomic E-state index is 0.264. The molecule has 6 heteroatoms. The summed E-state index contributed by atoms with van der Waals surface area (Å²) in [6, 6.07) is 1.90.